The maximum atomic E-state index is 6.39. The van der Waals surface area contributed by atoms with Gasteiger partial charge in [-0.2, -0.15) is 0 Å². The van der Waals surface area contributed by atoms with Gasteiger partial charge in [-0.3, -0.25) is 0 Å². The topological polar surface area (TPSA) is 35.2 Å². The van der Waals surface area contributed by atoms with Crippen LogP contribution in [0.3, 0.4) is 0 Å². The van der Waals surface area contributed by atoms with Gasteiger partial charge >= 0.3 is 0 Å². The van der Waals surface area contributed by atoms with Gasteiger partial charge < -0.3 is 10.5 Å². The molecular weight excluding hydrogens is 210 g/mol. The predicted octanol–water partition coefficient (Wildman–Crippen LogP) is 3.49. The average Bonchev–Trinajstić information content (AvgIpc) is 2.89. The minimum atomic E-state index is 0.425. The van der Waals surface area contributed by atoms with Crippen LogP contribution in [0, 0.1) is 11.8 Å². The highest BCUT2D eigenvalue weighted by atomic mass is 16.5. The molecule has 2 heteroatoms. The quantitative estimate of drug-likeness (QED) is 0.797. The zero-order valence-electron chi connectivity index (χ0n) is 11.4. The van der Waals surface area contributed by atoms with Crippen molar-refractivity contribution < 1.29 is 4.74 Å². The summed E-state index contributed by atoms with van der Waals surface area (Å²) in [6.45, 7) is 3.30. The molecule has 0 aromatic heterocycles. The van der Waals surface area contributed by atoms with Crippen molar-refractivity contribution in [1.82, 2.24) is 0 Å². The Bertz CT molecular complexity index is 213. The monoisotopic (exact) mass is 239 g/mol. The second-order valence-electron chi connectivity index (χ2n) is 6.08. The van der Waals surface area contributed by atoms with Gasteiger partial charge in [0.25, 0.3) is 0 Å². The first-order valence-electron chi connectivity index (χ1n) is 7.66. The lowest BCUT2D eigenvalue weighted by molar-refractivity contribution is 0.0966. The molecule has 0 radical (unpaired) electrons. The third-order valence-corrected chi connectivity index (χ3v) is 4.85. The average molecular weight is 239 g/mol. The molecule has 2 N–H and O–H groups in total. The molecule has 2 aliphatic rings. The van der Waals surface area contributed by atoms with Gasteiger partial charge in [0, 0.05) is 12.6 Å². The van der Waals surface area contributed by atoms with E-state index >= 15 is 0 Å². The van der Waals surface area contributed by atoms with Gasteiger partial charge in [-0.1, -0.05) is 26.2 Å². The Morgan fingerprint density at radius 2 is 2.12 bits per heavy atom. The van der Waals surface area contributed by atoms with Crippen molar-refractivity contribution in [3.8, 4) is 0 Å². The minimum absolute atomic E-state index is 0.425. The molecule has 1 aliphatic heterocycles. The highest BCUT2D eigenvalue weighted by molar-refractivity contribution is 4.81. The molecule has 4 unspecified atom stereocenters. The molecule has 4 atom stereocenters. The zero-order chi connectivity index (χ0) is 12.1. The summed E-state index contributed by atoms with van der Waals surface area (Å²) in [6.07, 6.45) is 12.3. The van der Waals surface area contributed by atoms with Crippen LogP contribution in [-0.4, -0.2) is 18.8 Å². The fourth-order valence-electron chi connectivity index (χ4n) is 3.58. The zero-order valence-corrected chi connectivity index (χ0v) is 11.4. The number of hydrogen-bond donors (Lipinski definition) is 1. The van der Waals surface area contributed by atoms with E-state index in [1.165, 1.54) is 57.8 Å². The van der Waals surface area contributed by atoms with Crippen LogP contribution in [0.2, 0.25) is 0 Å². The summed E-state index contributed by atoms with van der Waals surface area (Å²) in [5.74, 6) is 1.73. The minimum Gasteiger partial charge on any atom is -0.378 e. The van der Waals surface area contributed by atoms with E-state index in [0.29, 0.717) is 12.1 Å². The van der Waals surface area contributed by atoms with Gasteiger partial charge in [-0.05, 0) is 50.4 Å². The summed E-state index contributed by atoms with van der Waals surface area (Å²) in [4.78, 5) is 0. The van der Waals surface area contributed by atoms with Crippen molar-refractivity contribution in [2.45, 2.75) is 76.9 Å². The first-order valence-corrected chi connectivity index (χ1v) is 7.66. The molecule has 0 amide bonds. The normalized spacial score (nSPS) is 36.0. The van der Waals surface area contributed by atoms with E-state index in [-0.39, 0.29) is 0 Å². The second-order valence-corrected chi connectivity index (χ2v) is 6.08. The first-order chi connectivity index (χ1) is 8.29. The van der Waals surface area contributed by atoms with Gasteiger partial charge in [-0.15, -0.1) is 0 Å². The van der Waals surface area contributed by atoms with Crippen molar-refractivity contribution in [2.24, 2.45) is 17.6 Å². The molecule has 0 aromatic carbocycles. The lowest BCUT2D eigenvalue weighted by Crippen LogP contribution is -2.34. The standard InChI is InChI=1S/C15H29NO/c1-2-12-5-3-6-13(11-12)15(16)9-8-14-7-4-10-17-14/h12-15H,2-11,16H2,1H3. The molecule has 0 spiro atoms. The van der Waals surface area contributed by atoms with Gasteiger partial charge in [0.1, 0.15) is 0 Å². The van der Waals surface area contributed by atoms with Gasteiger partial charge in [0.15, 0.2) is 0 Å². The highest BCUT2D eigenvalue weighted by Gasteiger charge is 2.26. The van der Waals surface area contributed by atoms with Crippen molar-refractivity contribution in [3.63, 3.8) is 0 Å². The van der Waals surface area contributed by atoms with E-state index in [9.17, 15) is 0 Å². The first kappa shape index (κ1) is 13.4. The molecule has 2 nitrogen and oxygen atoms in total. The maximum absolute atomic E-state index is 6.39. The van der Waals surface area contributed by atoms with E-state index in [4.69, 9.17) is 10.5 Å². The fraction of sp³-hybridized carbons (Fsp3) is 1.00. The van der Waals surface area contributed by atoms with Crippen LogP contribution in [0.5, 0.6) is 0 Å². The summed E-state index contributed by atoms with van der Waals surface area (Å²) in [7, 11) is 0. The lowest BCUT2D eigenvalue weighted by atomic mass is 9.76. The summed E-state index contributed by atoms with van der Waals surface area (Å²) in [5, 5.41) is 0. The Hall–Kier alpha value is -0.0800. The van der Waals surface area contributed by atoms with Crippen LogP contribution in [0.25, 0.3) is 0 Å². The van der Waals surface area contributed by atoms with Crippen molar-refractivity contribution in [3.05, 3.63) is 0 Å². The second kappa shape index (κ2) is 6.75. The van der Waals surface area contributed by atoms with E-state index in [2.05, 4.69) is 6.92 Å². The smallest absolute Gasteiger partial charge is 0.0576 e. The van der Waals surface area contributed by atoms with E-state index in [1.54, 1.807) is 0 Å². The molecule has 100 valence electrons. The molecule has 1 saturated carbocycles. The molecule has 2 rings (SSSR count). The molecule has 0 aromatic rings. The fourth-order valence-corrected chi connectivity index (χ4v) is 3.58. The third kappa shape index (κ3) is 3.96. The van der Waals surface area contributed by atoms with Crippen LogP contribution in [0.4, 0.5) is 0 Å². The van der Waals surface area contributed by atoms with Gasteiger partial charge in [0.2, 0.25) is 0 Å². The van der Waals surface area contributed by atoms with Crippen LogP contribution < -0.4 is 5.73 Å². The van der Waals surface area contributed by atoms with Crippen molar-refractivity contribution in [1.29, 1.82) is 0 Å². The Labute approximate surface area is 106 Å². The molecule has 2 fully saturated rings. The maximum Gasteiger partial charge on any atom is 0.0576 e. The van der Waals surface area contributed by atoms with E-state index < -0.39 is 0 Å². The Morgan fingerprint density at radius 3 is 2.82 bits per heavy atom. The van der Waals surface area contributed by atoms with Gasteiger partial charge in [0.05, 0.1) is 6.10 Å². The van der Waals surface area contributed by atoms with Crippen LogP contribution in [-0.2, 0) is 4.74 Å². The van der Waals surface area contributed by atoms with Crippen molar-refractivity contribution >= 4 is 0 Å². The van der Waals surface area contributed by atoms with Gasteiger partial charge in [-0.25, -0.2) is 0 Å². The molecule has 17 heavy (non-hydrogen) atoms. The summed E-state index contributed by atoms with van der Waals surface area (Å²) in [6, 6.07) is 0.425. The Balaban J connectivity index is 1.68. The van der Waals surface area contributed by atoms with Crippen LogP contribution in [0.1, 0.15) is 64.7 Å². The molecule has 0 bridgehead atoms. The Morgan fingerprint density at radius 1 is 1.24 bits per heavy atom. The SMILES string of the molecule is CCC1CCCC(C(N)CCC2CCCO2)C1. The van der Waals surface area contributed by atoms with E-state index in [0.717, 1.165) is 18.4 Å². The summed E-state index contributed by atoms with van der Waals surface area (Å²) in [5.41, 5.74) is 6.39. The Kier molecular flexibility index (Phi) is 5.30. The molecular formula is C15H29NO. The van der Waals surface area contributed by atoms with Crippen molar-refractivity contribution in [2.75, 3.05) is 6.61 Å². The largest absolute Gasteiger partial charge is 0.378 e. The highest BCUT2D eigenvalue weighted by Crippen LogP contribution is 2.33. The van der Waals surface area contributed by atoms with Crippen LogP contribution >= 0.6 is 0 Å². The number of hydrogen-bond acceptors (Lipinski definition) is 2. The molecule has 1 heterocycles. The molecule has 1 saturated heterocycles. The number of rotatable bonds is 5. The van der Waals surface area contributed by atoms with E-state index in [1.807, 2.05) is 0 Å². The number of nitrogens with two attached hydrogens (primary N) is 1. The summed E-state index contributed by atoms with van der Waals surface area (Å²) < 4.78 is 5.68. The lowest BCUT2D eigenvalue weighted by Gasteiger charge is -2.32. The molecule has 1 aliphatic carbocycles. The number of ether oxygens (including phenoxy) is 1. The third-order valence-electron chi connectivity index (χ3n) is 4.85. The van der Waals surface area contributed by atoms with Crippen LogP contribution in [0.15, 0.2) is 0 Å². The summed E-state index contributed by atoms with van der Waals surface area (Å²) >= 11 is 0. The predicted molar refractivity (Wildman–Crippen MR) is 71.9 cm³/mol.